The molecule has 0 aromatic heterocycles. The highest BCUT2D eigenvalue weighted by Crippen LogP contribution is 2.70. The molecule has 2 saturated carbocycles. The average Bonchev–Trinajstić information content (AvgIpc) is 2.59. The topological polar surface area (TPSA) is 37.3 Å². The summed E-state index contributed by atoms with van der Waals surface area (Å²) in [5.41, 5.74) is -0.162. The van der Waals surface area contributed by atoms with Crippen LogP contribution >= 0.6 is 0 Å². The summed E-state index contributed by atoms with van der Waals surface area (Å²) in [4.78, 5) is 11.0. The van der Waals surface area contributed by atoms with Gasteiger partial charge in [-0.2, -0.15) is 0 Å². The van der Waals surface area contributed by atoms with E-state index in [9.17, 15) is 4.79 Å². The summed E-state index contributed by atoms with van der Waals surface area (Å²) >= 11 is 0. The first-order chi connectivity index (χ1) is 5.61. The van der Waals surface area contributed by atoms with Gasteiger partial charge in [-0.05, 0) is 31.6 Å². The second kappa shape index (κ2) is 2.24. The summed E-state index contributed by atoms with van der Waals surface area (Å²) in [6.07, 6.45) is 7.00. The zero-order valence-corrected chi connectivity index (χ0v) is 7.60. The lowest BCUT2D eigenvalue weighted by molar-refractivity contribution is -0.144. The van der Waals surface area contributed by atoms with Crippen molar-refractivity contribution in [3.63, 3.8) is 0 Å². The van der Waals surface area contributed by atoms with E-state index in [0.29, 0.717) is 0 Å². The van der Waals surface area contributed by atoms with E-state index in [0.717, 1.165) is 19.3 Å². The summed E-state index contributed by atoms with van der Waals surface area (Å²) in [5.74, 6) is -0.579. The molecule has 2 fully saturated rings. The van der Waals surface area contributed by atoms with Crippen LogP contribution in [0.1, 0.15) is 45.4 Å². The Morgan fingerprint density at radius 2 is 1.83 bits per heavy atom. The van der Waals surface area contributed by atoms with Gasteiger partial charge in [0.2, 0.25) is 0 Å². The fourth-order valence-electron chi connectivity index (χ4n) is 2.89. The Morgan fingerprint density at radius 1 is 1.25 bits per heavy atom. The number of carbonyl (C=O) groups is 1. The molecule has 1 atom stereocenters. The molecule has 0 radical (unpaired) electrons. The molecular weight excluding hydrogens is 152 g/mol. The van der Waals surface area contributed by atoms with Gasteiger partial charge in [-0.25, -0.2) is 0 Å². The van der Waals surface area contributed by atoms with Gasteiger partial charge in [-0.3, -0.25) is 4.79 Å². The molecule has 0 saturated heterocycles. The number of carboxylic acids is 1. The van der Waals surface area contributed by atoms with Gasteiger partial charge in [-0.15, -0.1) is 0 Å². The molecular formula is C10H16O2. The van der Waals surface area contributed by atoms with Crippen molar-refractivity contribution in [1.29, 1.82) is 0 Å². The minimum absolute atomic E-state index is 0.205. The normalized spacial score (nSPS) is 38.1. The molecule has 0 aliphatic heterocycles. The third kappa shape index (κ3) is 0.838. The number of carboxylic acid groups (broad SMARTS) is 1. The van der Waals surface area contributed by atoms with Crippen LogP contribution in [0.3, 0.4) is 0 Å². The van der Waals surface area contributed by atoms with Gasteiger partial charge in [0.1, 0.15) is 0 Å². The van der Waals surface area contributed by atoms with E-state index >= 15 is 0 Å². The van der Waals surface area contributed by atoms with Crippen molar-refractivity contribution in [1.82, 2.24) is 0 Å². The Hall–Kier alpha value is -0.530. The fraction of sp³-hybridized carbons (Fsp3) is 0.900. The predicted octanol–water partition coefficient (Wildman–Crippen LogP) is 2.43. The summed E-state index contributed by atoms with van der Waals surface area (Å²) in [5, 5.41) is 9.03. The molecule has 0 aromatic rings. The van der Waals surface area contributed by atoms with Gasteiger partial charge in [0, 0.05) is 0 Å². The van der Waals surface area contributed by atoms with Crippen molar-refractivity contribution in [3.05, 3.63) is 0 Å². The molecule has 1 N–H and O–H groups in total. The molecule has 2 heteroatoms. The van der Waals surface area contributed by atoms with Gasteiger partial charge in [-0.1, -0.05) is 19.3 Å². The maximum atomic E-state index is 11.0. The van der Waals surface area contributed by atoms with E-state index in [4.69, 9.17) is 5.11 Å². The van der Waals surface area contributed by atoms with Crippen LogP contribution in [0.5, 0.6) is 0 Å². The molecule has 0 bridgehead atoms. The lowest BCUT2D eigenvalue weighted by Gasteiger charge is -2.24. The quantitative estimate of drug-likeness (QED) is 0.653. The van der Waals surface area contributed by atoms with Crippen LogP contribution in [-0.4, -0.2) is 11.1 Å². The Morgan fingerprint density at radius 3 is 2.25 bits per heavy atom. The standard InChI is InChI=1S/C10H16O2/c1-9(8(11)12)7-10(9)5-3-2-4-6-10/h2-7H2,1H3,(H,11,12). The first-order valence-electron chi connectivity index (χ1n) is 4.84. The Labute approximate surface area is 73.0 Å². The van der Waals surface area contributed by atoms with Crippen molar-refractivity contribution in [2.24, 2.45) is 10.8 Å². The second-order valence-electron chi connectivity index (χ2n) is 4.66. The van der Waals surface area contributed by atoms with Crippen molar-refractivity contribution in [2.75, 3.05) is 0 Å². The molecule has 1 spiro atoms. The highest BCUT2D eigenvalue weighted by Gasteiger charge is 2.68. The van der Waals surface area contributed by atoms with E-state index in [1.54, 1.807) is 0 Å². The van der Waals surface area contributed by atoms with Crippen LogP contribution in [-0.2, 0) is 4.79 Å². The van der Waals surface area contributed by atoms with Gasteiger partial charge >= 0.3 is 5.97 Å². The van der Waals surface area contributed by atoms with Crippen LogP contribution in [0.2, 0.25) is 0 Å². The van der Waals surface area contributed by atoms with Crippen molar-refractivity contribution >= 4 is 5.97 Å². The third-order valence-electron chi connectivity index (χ3n) is 4.02. The molecule has 12 heavy (non-hydrogen) atoms. The van der Waals surface area contributed by atoms with Gasteiger partial charge in [0.15, 0.2) is 0 Å². The van der Waals surface area contributed by atoms with E-state index < -0.39 is 5.97 Å². The maximum Gasteiger partial charge on any atom is 0.309 e. The molecule has 0 amide bonds. The first-order valence-corrected chi connectivity index (χ1v) is 4.84. The lowest BCUT2D eigenvalue weighted by atomic mass is 9.80. The van der Waals surface area contributed by atoms with Crippen LogP contribution in [0, 0.1) is 10.8 Å². The Bertz CT molecular complexity index is 216. The summed E-state index contributed by atoms with van der Waals surface area (Å²) in [6.45, 7) is 1.92. The van der Waals surface area contributed by atoms with E-state index in [1.165, 1.54) is 19.3 Å². The van der Waals surface area contributed by atoms with Crippen molar-refractivity contribution in [3.8, 4) is 0 Å². The van der Waals surface area contributed by atoms with E-state index in [1.807, 2.05) is 6.92 Å². The molecule has 0 heterocycles. The van der Waals surface area contributed by atoms with E-state index in [2.05, 4.69) is 0 Å². The van der Waals surface area contributed by atoms with Crippen LogP contribution in [0.15, 0.2) is 0 Å². The molecule has 2 rings (SSSR count). The Balaban J connectivity index is 2.12. The minimum Gasteiger partial charge on any atom is -0.481 e. The van der Waals surface area contributed by atoms with Gasteiger partial charge < -0.3 is 5.11 Å². The maximum absolute atomic E-state index is 11.0. The number of rotatable bonds is 1. The van der Waals surface area contributed by atoms with Crippen LogP contribution < -0.4 is 0 Å². The molecule has 1 unspecified atom stereocenters. The zero-order chi connectivity index (χ0) is 8.82. The fourth-order valence-corrected chi connectivity index (χ4v) is 2.89. The lowest BCUT2D eigenvalue weighted by Crippen LogP contribution is -2.22. The highest BCUT2D eigenvalue weighted by molar-refractivity contribution is 5.79. The third-order valence-corrected chi connectivity index (χ3v) is 4.02. The zero-order valence-electron chi connectivity index (χ0n) is 7.60. The van der Waals surface area contributed by atoms with Crippen LogP contribution in [0.4, 0.5) is 0 Å². The highest BCUT2D eigenvalue weighted by atomic mass is 16.4. The molecule has 2 aliphatic rings. The van der Waals surface area contributed by atoms with Crippen molar-refractivity contribution < 1.29 is 9.90 Å². The van der Waals surface area contributed by atoms with Crippen molar-refractivity contribution in [2.45, 2.75) is 45.4 Å². The largest absolute Gasteiger partial charge is 0.481 e. The molecule has 0 aromatic carbocycles. The molecule has 2 aliphatic carbocycles. The van der Waals surface area contributed by atoms with E-state index in [-0.39, 0.29) is 10.8 Å². The number of hydrogen-bond donors (Lipinski definition) is 1. The minimum atomic E-state index is -0.579. The number of aliphatic carboxylic acids is 1. The van der Waals surface area contributed by atoms with Crippen LogP contribution in [0.25, 0.3) is 0 Å². The first kappa shape index (κ1) is 8.09. The summed E-state index contributed by atoms with van der Waals surface area (Å²) in [7, 11) is 0. The predicted molar refractivity (Wildman–Crippen MR) is 45.9 cm³/mol. The number of hydrogen-bond acceptors (Lipinski definition) is 1. The molecule has 2 nitrogen and oxygen atoms in total. The monoisotopic (exact) mass is 168 g/mol. The average molecular weight is 168 g/mol. The summed E-state index contributed by atoms with van der Waals surface area (Å²) < 4.78 is 0. The summed E-state index contributed by atoms with van der Waals surface area (Å²) in [6, 6.07) is 0. The van der Waals surface area contributed by atoms with Gasteiger partial charge in [0.25, 0.3) is 0 Å². The Kier molecular flexibility index (Phi) is 1.51. The smallest absolute Gasteiger partial charge is 0.309 e. The van der Waals surface area contributed by atoms with Gasteiger partial charge in [0.05, 0.1) is 5.41 Å². The second-order valence-corrected chi connectivity index (χ2v) is 4.66. The molecule has 68 valence electrons. The SMILES string of the molecule is CC1(C(=O)O)CC12CCCCC2.